The molecule has 0 aliphatic carbocycles. The van der Waals surface area contributed by atoms with Gasteiger partial charge in [-0.1, -0.05) is 68.3 Å². The second-order valence-corrected chi connectivity index (χ2v) is 6.47. The molecule has 2 aromatic heterocycles. The lowest BCUT2D eigenvalue weighted by Gasteiger charge is -2.18. The second kappa shape index (κ2) is 7.62. The molecule has 0 saturated heterocycles. The quantitative estimate of drug-likeness (QED) is 0.669. The fourth-order valence-electron chi connectivity index (χ4n) is 2.70. The number of benzene rings is 1. The third-order valence-corrected chi connectivity index (χ3v) is 4.53. The summed E-state index contributed by atoms with van der Waals surface area (Å²) < 4.78 is 1.74. The zero-order valence-corrected chi connectivity index (χ0v) is 15.1. The highest BCUT2D eigenvalue weighted by Crippen LogP contribution is 2.27. The summed E-state index contributed by atoms with van der Waals surface area (Å²) >= 11 is 6.52. The predicted molar refractivity (Wildman–Crippen MR) is 102 cm³/mol. The molecular weight excluding hydrogens is 334 g/mol. The summed E-state index contributed by atoms with van der Waals surface area (Å²) in [6.45, 7) is 4.82. The Balaban J connectivity index is 2.26. The van der Waals surface area contributed by atoms with Gasteiger partial charge in [-0.2, -0.15) is 0 Å². The summed E-state index contributed by atoms with van der Waals surface area (Å²) in [7, 11) is 0. The van der Waals surface area contributed by atoms with Crippen LogP contribution in [0, 0.1) is 5.92 Å². The Morgan fingerprint density at radius 3 is 2.48 bits per heavy atom. The first-order valence-electron chi connectivity index (χ1n) is 8.39. The Morgan fingerprint density at radius 1 is 1.12 bits per heavy atom. The smallest absolute Gasteiger partial charge is 0.279 e. The van der Waals surface area contributed by atoms with Crippen molar-refractivity contribution in [1.29, 1.82) is 0 Å². The molecule has 0 radical (unpaired) electrons. The zero-order valence-electron chi connectivity index (χ0n) is 14.3. The van der Waals surface area contributed by atoms with Gasteiger partial charge in [0.25, 0.3) is 5.56 Å². The van der Waals surface area contributed by atoms with Gasteiger partial charge in [-0.05, 0) is 18.1 Å². The van der Waals surface area contributed by atoms with Crippen molar-refractivity contribution < 1.29 is 0 Å². The Bertz CT molecular complexity index is 907. The van der Waals surface area contributed by atoms with Crippen molar-refractivity contribution in [3.8, 4) is 22.6 Å². The van der Waals surface area contributed by atoms with Crippen molar-refractivity contribution in [2.75, 3.05) is 0 Å². The maximum Gasteiger partial charge on any atom is 0.279 e. The Morgan fingerprint density at radius 2 is 1.84 bits per heavy atom. The highest BCUT2D eigenvalue weighted by molar-refractivity contribution is 6.32. The Kier molecular flexibility index (Phi) is 5.29. The molecule has 3 rings (SSSR count). The molecule has 0 aliphatic rings. The lowest BCUT2D eigenvalue weighted by Crippen LogP contribution is -2.28. The highest BCUT2D eigenvalue weighted by atomic mass is 35.5. The molecule has 0 saturated carbocycles. The first-order valence-corrected chi connectivity index (χ1v) is 8.76. The minimum Gasteiger partial charge on any atom is -0.303 e. The van der Waals surface area contributed by atoms with E-state index in [1.165, 1.54) is 0 Å². The molecular formula is C20H20ClN3O. The van der Waals surface area contributed by atoms with Gasteiger partial charge in [0.05, 0.1) is 11.4 Å². The number of rotatable bonds is 5. The van der Waals surface area contributed by atoms with Crippen molar-refractivity contribution in [3.05, 3.63) is 70.2 Å². The average Bonchev–Trinajstić information content (AvgIpc) is 2.65. The van der Waals surface area contributed by atoms with Crippen molar-refractivity contribution in [1.82, 2.24) is 14.5 Å². The predicted octanol–water partition coefficient (Wildman–Crippen LogP) is 4.67. The minimum atomic E-state index is -0.165. The van der Waals surface area contributed by atoms with Crippen LogP contribution in [0.2, 0.25) is 5.15 Å². The molecule has 25 heavy (non-hydrogen) atoms. The van der Waals surface area contributed by atoms with Crippen LogP contribution in [0.3, 0.4) is 0 Å². The lowest BCUT2D eigenvalue weighted by molar-refractivity contribution is 0.462. The van der Waals surface area contributed by atoms with Gasteiger partial charge in [-0.25, -0.2) is 4.98 Å². The van der Waals surface area contributed by atoms with Gasteiger partial charge in [0, 0.05) is 18.3 Å². The molecule has 5 heteroatoms. The van der Waals surface area contributed by atoms with Gasteiger partial charge in [-0.15, -0.1) is 0 Å². The molecule has 1 atom stereocenters. The van der Waals surface area contributed by atoms with E-state index in [0.29, 0.717) is 29.0 Å². The molecule has 0 aliphatic heterocycles. The standard InChI is InChI=1S/C20H20ClN3O/c1-3-14(2)13-24-18(15-9-5-4-6-10-15)19(21)23-17(20(24)25)16-11-7-8-12-22-16/h4-12,14H,3,13H2,1-2H3. The van der Waals surface area contributed by atoms with Crippen molar-refractivity contribution in [3.63, 3.8) is 0 Å². The maximum absolute atomic E-state index is 13.2. The first-order chi connectivity index (χ1) is 12.1. The fraction of sp³-hybridized carbons (Fsp3) is 0.250. The van der Waals surface area contributed by atoms with Crippen LogP contribution in [-0.4, -0.2) is 14.5 Å². The summed E-state index contributed by atoms with van der Waals surface area (Å²) in [6.07, 6.45) is 2.62. The van der Waals surface area contributed by atoms with Gasteiger partial charge < -0.3 is 4.57 Å². The summed E-state index contributed by atoms with van der Waals surface area (Å²) in [6, 6.07) is 15.1. The van der Waals surface area contributed by atoms with E-state index in [0.717, 1.165) is 12.0 Å². The van der Waals surface area contributed by atoms with Crippen LogP contribution in [0.1, 0.15) is 20.3 Å². The van der Waals surface area contributed by atoms with Crippen LogP contribution in [0.4, 0.5) is 0 Å². The first kappa shape index (κ1) is 17.4. The molecule has 2 heterocycles. The highest BCUT2D eigenvalue weighted by Gasteiger charge is 2.19. The minimum absolute atomic E-state index is 0.165. The van der Waals surface area contributed by atoms with Crippen LogP contribution >= 0.6 is 11.6 Å². The third kappa shape index (κ3) is 3.64. The topological polar surface area (TPSA) is 47.8 Å². The molecule has 3 aromatic rings. The van der Waals surface area contributed by atoms with E-state index in [-0.39, 0.29) is 11.3 Å². The molecule has 0 N–H and O–H groups in total. The van der Waals surface area contributed by atoms with E-state index < -0.39 is 0 Å². The second-order valence-electron chi connectivity index (χ2n) is 6.11. The Hall–Kier alpha value is -2.46. The number of pyridine rings is 1. The van der Waals surface area contributed by atoms with E-state index in [1.807, 2.05) is 36.4 Å². The zero-order chi connectivity index (χ0) is 17.8. The van der Waals surface area contributed by atoms with Crippen LogP contribution in [0.25, 0.3) is 22.6 Å². The van der Waals surface area contributed by atoms with Gasteiger partial charge in [-0.3, -0.25) is 9.78 Å². The molecule has 4 nitrogen and oxygen atoms in total. The number of aromatic nitrogens is 3. The fourth-order valence-corrected chi connectivity index (χ4v) is 2.99. The van der Waals surface area contributed by atoms with Crippen LogP contribution in [0.15, 0.2) is 59.5 Å². The van der Waals surface area contributed by atoms with Crippen molar-refractivity contribution in [2.24, 2.45) is 5.92 Å². The van der Waals surface area contributed by atoms with Crippen molar-refractivity contribution >= 4 is 11.6 Å². The summed E-state index contributed by atoms with van der Waals surface area (Å²) in [5, 5.41) is 0.315. The molecule has 0 fully saturated rings. The molecule has 0 bridgehead atoms. The monoisotopic (exact) mass is 353 g/mol. The SMILES string of the molecule is CCC(C)Cn1c(-c2ccccc2)c(Cl)nc(-c2ccccn2)c1=O. The van der Waals surface area contributed by atoms with E-state index >= 15 is 0 Å². The van der Waals surface area contributed by atoms with Crippen LogP contribution in [0.5, 0.6) is 0 Å². The van der Waals surface area contributed by atoms with Crippen molar-refractivity contribution in [2.45, 2.75) is 26.8 Å². The molecule has 128 valence electrons. The van der Waals surface area contributed by atoms with E-state index in [2.05, 4.69) is 23.8 Å². The number of hydrogen-bond acceptors (Lipinski definition) is 3. The Labute approximate surface area is 152 Å². The summed E-state index contributed by atoms with van der Waals surface area (Å²) in [4.78, 5) is 21.8. The van der Waals surface area contributed by atoms with Gasteiger partial charge >= 0.3 is 0 Å². The molecule has 0 spiro atoms. The van der Waals surface area contributed by atoms with Crippen LogP contribution < -0.4 is 5.56 Å². The molecule has 0 amide bonds. The average molecular weight is 354 g/mol. The number of halogens is 1. The normalized spacial score (nSPS) is 12.1. The lowest BCUT2D eigenvalue weighted by atomic mass is 10.1. The largest absolute Gasteiger partial charge is 0.303 e. The van der Waals surface area contributed by atoms with E-state index in [9.17, 15) is 4.79 Å². The van der Waals surface area contributed by atoms with Gasteiger partial charge in [0.2, 0.25) is 0 Å². The van der Waals surface area contributed by atoms with E-state index in [1.54, 1.807) is 22.9 Å². The number of hydrogen-bond donors (Lipinski definition) is 0. The van der Waals surface area contributed by atoms with Gasteiger partial charge in [0.15, 0.2) is 10.8 Å². The number of nitrogens with zero attached hydrogens (tertiary/aromatic N) is 3. The summed E-state index contributed by atoms with van der Waals surface area (Å²) in [5.74, 6) is 0.343. The molecule has 1 aromatic carbocycles. The summed E-state index contributed by atoms with van der Waals surface area (Å²) in [5.41, 5.74) is 2.20. The molecule has 1 unspecified atom stereocenters. The van der Waals surface area contributed by atoms with Gasteiger partial charge in [0.1, 0.15) is 0 Å². The van der Waals surface area contributed by atoms with Crippen LogP contribution in [-0.2, 0) is 6.54 Å². The maximum atomic E-state index is 13.2. The van der Waals surface area contributed by atoms with E-state index in [4.69, 9.17) is 11.6 Å². The third-order valence-electron chi connectivity index (χ3n) is 4.27.